The van der Waals surface area contributed by atoms with Crippen LogP contribution in [0.3, 0.4) is 0 Å². The molecule has 0 radical (unpaired) electrons. The molecule has 2 amide bonds. The average Bonchev–Trinajstić information content (AvgIpc) is 2.99. The van der Waals surface area contributed by atoms with Crippen molar-refractivity contribution in [3.63, 3.8) is 0 Å². The van der Waals surface area contributed by atoms with E-state index in [-0.39, 0.29) is 5.91 Å². The summed E-state index contributed by atoms with van der Waals surface area (Å²) in [5.41, 5.74) is 7.00. The first-order valence-electron chi connectivity index (χ1n) is 8.55. The van der Waals surface area contributed by atoms with E-state index in [2.05, 4.69) is 5.32 Å². The highest BCUT2D eigenvalue weighted by Gasteiger charge is 2.26. The van der Waals surface area contributed by atoms with Crippen molar-refractivity contribution in [2.24, 2.45) is 5.73 Å². The third-order valence-electron chi connectivity index (χ3n) is 4.38. The topological polar surface area (TPSA) is 90.7 Å². The molecule has 138 valence electrons. The Morgan fingerprint density at radius 2 is 1.96 bits per heavy atom. The number of methoxy groups -OCH3 is 1. The second-order valence-corrected chi connectivity index (χ2v) is 7.31. The maximum Gasteiger partial charge on any atom is 0.265 e. The summed E-state index contributed by atoms with van der Waals surface area (Å²) < 4.78 is 10.8. The second kappa shape index (κ2) is 7.78. The van der Waals surface area contributed by atoms with Crippen LogP contribution >= 0.6 is 11.3 Å². The van der Waals surface area contributed by atoms with Crippen LogP contribution < -0.4 is 20.5 Å². The fraction of sp³-hybridized carbons (Fsp3) is 0.368. The molecule has 1 aromatic heterocycles. The number of amides is 2. The maximum atomic E-state index is 12.5. The van der Waals surface area contributed by atoms with Gasteiger partial charge in [0.1, 0.15) is 16.5 Å². The molecule has 0 spiro atoms. The van der Waals surface area contributed by atoms with Crippen LogP contribution in [0.5, 0.6) is 11.5 Å². The molecule has 6 nitrogen and oxygen atoms in total. The Balaban J connectivity index is 1.75. The van der Waals surface area contributed by atoms with Crippen molar-refractivity contribution in [1.29, 1.82) is 0 Å². The molecule has 7 heteroatoms. The van der Waals surface area contributed by atoms with Crippen molar-refractivity contribution >= 4 is 28.2 Å². The molecule has 3 rings (SSSR count). The SMILES string of the molecule is COc1cccc(O[C@H](C)C(=O)Nc2sc3c(c2C(N)=O)CCCC3)c1. The van der Waals surface area contributed by atoms with Gasteiger partial charge in [-0.05, 0) is 50.3 Å². The molecule has 1 aliphatic carbocycles. The predicted molar refractivity (Wildman–Crippen MR) is 101 cm³/mol. The number of hydrogen-bond acceptors (Lipinski definition) is 5. The number of rotatable bonds is 6. The van der Waals surface area contributed by atoms with E-state index in [1.807, 2.05) is 0 Å². The molecule has 3 N–H and O–H groups in total. The van der Waals surface area contributed by atoms with E-state index >= 15 is 0 Å². The van der Waals surface area contributed by atoms with Gasteiger partial charge < -0.3 is 20.5 Å². The summed E-state index contributed by atoms with van der Waals surface area (Å²) in [5.74, 6) is 0.361. The van der Waals surface area contributed by atoms with Gasteiger partial charge in [0, 0.05) is 10.9 Å². The summed E-state index contributed by atoms with van der Waals surface area (Å²) >= 11 is 1.44. The minimum absolute atomic E-state index is 0.325. The quantitative estimate of drug-likeness (QED) is 0.813. The zero-order valence-electron chi connectivity index (χ0n) is 14.8. The standard InChI is InChI=1S/C19H22N2O4S/c1-11(25-13-7-5-6-12(10-13)24-2)18(23)21-19-16(17(20)22)14-8-3-4-9-15(14)26-19/h5-7,10-11H,3-4,8-9H2,1-2H3,(H2,20,22)(H,21,23)/t11-/m1/s1. The van der Waals surface area contributed by atoms with Gasteiger partial charge in [0.05, 0.1) is 12.7 Å². The van der Waals surface area contributed by atoms with Gasteiger partial charge in [-0.3, -0.25) is 9.59 Å². The largest absolute Gasteiger partial charge is 0.497 e. The van der Waals surface area contributed by atoms with Gasteiger partial charge in [-0.2, -0.15) is 0 Å². The predicted octanol–water partition coefficient (Wildman–Crippen LogP) is 3.14. The average molecular weight is 374 g/mol. The molecule has 0 aliphatic heterocycles. The van der Waals surface area contributed by atoms with Crippen molar-refractivity contribution in [3.05, 3.63) is 40.3 Å². The van der Waals surface area contributed by atoms with Crippen molar-refractivity contribution in [2.75, 3.05) is 12.4 Å². The van der Waals surface area contributed by atoms with E-state index in [1.54, 1.807) is 38.3 Å². The third-order valence-corrected chi connectivity index (χ3v) is 5.58. The Morgan fingerprint density at radius 1 is 1.23 bits per heavy atom. The van der Waals surface area contributed by atoms with E-state index in [0.717, 1.165) is 36.1 Å². The van der Waals surface area contributed by atoms with Crippen molar-refractivity contribution in [2.45, 2.75) is 38.7 Å². The highest BCUT2D eigenvalue weighted by Crippen LogP contribution is 2.38. The molecule has 0 fully saturated rings. The Hall–Kier alpha value is -2.54. The molecule has 26 heavy (non-hydrogen) atoms. The molecule has 1 aromatic carbocycles. The van der Waals surface area contributed by atoms with E-state index < -0.39 is 12.0 Å². The molecule has 0 saturated carbocycles. The van der Waals surface area contributed by atoms with Crippen molar-refractivity contribution in [3.8, 4) is 11.5 Å². The monoisotopic (exact) mass is 374 g/mol. The first-order valence-corrected chi connectivity index (χ1v) is 9.37. The van der Waals surface area contributed by atoms with Gasteiger partial charge in [-0.1, -0.05) is 6.07 Å². The molecule has 0 saturated heterocycles. The molecule has 0 unspecified atom stereocenters. The number of aryl methyl sites for hydroxylation is 1. The molecule has 1 heterocycles. The molecular formula is C19H22N2O4S. The minimum Gasteiger partial charge on any atom is -0.497 e. The lowest BCUT2D eigenvalue weighted by molar-refractivity contribution is -0.122. The van der Waals surface area contributed by atoms with Gasteiger partial charge in [0.15, 0.2) is 6.10 Å². The number of fused-ring (bicyclic) bond motifs is 1. The van der Waals surface area contributed by atoms with Gasteiger partial charge in [-0.25, -0.2) is 0 Å². The molecule has 1 aliphatic rings. The van der Waals surface area contributed by atoms with Crippen LogP contribution in [-0.2, 0) is 17.6 Å². The molecular weight excluding hydrogens is 352 g/mol. The van der Waals surface area contributed by atoms with E-state index in [0.29, 0.717) is 22.1 Å². The Bertz CT molecular complexity index is 831. The number of primary amides is 1. The number of anilines is 1. The summed E-state index contributed by atoms with van der Waals surface area (Å²) in [6.45, 7) is 1.66. The van der Waals surface area contributed by atoms with Crippen LogP contribution in [0, 0.1) is 0 Å². The van der Waals surface area contributed by atoms with Crippen LogP contribution in [0.4, 0.5) is 5.00 Å². The zero-order chi connectivity index (χ0) is 18.7. The van der Waals surface area contributed by atoms with E-state index in [1.165, 1.54) is 11.3 Å². The summed E-state index contributed by atoms with van der Waals surface area (Å²) in [4.78, 5) is 25.6. The number of ether oxygens (including phenoxy) is 2. The van der Waals surface area contributed by atoms with E-state index in [9.17, 15) is 9.59 Å². The van der Waals surface area contributed by atoms with Gasteiger partial charge >= 0.3 is 0 Å². The van der Waals surface area contributed by atoms with Crippen LogP contribution in [0.15, 0.2) is 24.3 Å². The summed E-state index contributed by atoms with van der Waals surface area (Å²) in [5, 5.41) is 3.34. The highest BCUT2D eigenvalue weighted by atomic mass is 32.1. The number of hydrogen-bond donors (Lipinski definition) is 2. The number of nitrogens with one attached hydrogen (secondary N) is 1. The highest BCUT2D eigenvalue weighted by molar-refractivity contribution is 7.17. The van der Waals surface area contributed by atoms with Crippen molar-refractivity contribution in [1.82, 2.24) is 0 Å². The minimum atomic E-state index is -0.734. The van der Waals surface area contributed by atoms with Gasteiger partial charge in [0.2, 0.25) is 0 Å². The van der Waals surface area contributed by atoms with Crippen LogP contribution in [0.2, 0.25) is 0 Å². The number of nitrogens with two attached hydrogens (primary N) is 1. The lowest BCUT2D eigenvalue weighted by Gasteiger charge is -2.15. The van der Waals surface area contributed by atoms with Gasteiger partial charge in [0.25, 0.3) is 11.8 Å². The van der Waals surface area contributed by atoms with Crippen LogP contribution in [0.1, 0.15) is 40.6 Å². The molecule has 0 bridgehead atoms. The molecule has 1 atom stereocenters. The fourth-order valence-electron chi connectivity index (χ4n) is 3.06. The summed E-state index contributed by atoms with van der Waals surface area (Å²) in [6, 6.07) is 7.05. The smallest absolute Gasteiger partial charge is 0.265 e. The lowest BCUT2D eigenvalue weighted by Crippen LogP contribution is -2.30. The lowest BCUT2D eigenvalue weighted by atomic mass is 9.95. The number of carbonyl (C=O) groups excluding carboxylic acids is 2. The maximum absolute atomic E-state index is 12.5. The fourth-order valence-corrected chi connectivity index (χ4v) is 4.36. The number of carbonyl (C=O) groups is 2. The Labute approximate surface area is 156 Å². The van der Waals surface area contributed by atoms with E-state index in [4.69, 9.17) is 15.2 Å². The summed E-state index contributed by atoms with van der Waals surface area (Å²) in [7, 11) is 1.57. The third kappa shape index (κ3) is 3.83. The normalized spacial score (nSPS) is 14.2. The second-order valence-electron chi connectivity index (χ2n) is 6.21. The first-order chi connectivity index (χ1) is 12.5. The van der Waals surface area contributed by atoms with Crippen LogP contribution in [-0.4, -0.2) is 25.0 Å². The zero-order valence-corrected chi connectivity index (χ0v) is 15.7. The van der Waals surface area contributed by atoms with Gasteiger partial charge in [-0.15, -0.1) is 11.3 Å². The number of benzene rings is 1. The Kier molecular flexibility index (Phi) is 5.46. The van der Waals surface area contributed by atoms with Crippen molar-refractivity contribution < 1.29 is 19.1 Å². The number of thiophene rings is 1. The molecule has 2 aromatic rings. The first kappa shape index (κ1) is 18.3. The summed E-state index contributed by atoms with van der Waals surface area (Å²) in [6.07, 6.45) is 3.14. The Morgan fingerprint density at radius 3 is 2.69 bits per heavy atom. The van der Waals surface area contributed by atoms with Crippen LogP contribution in [0.25, 0.3) is 0 Å².